The fraction of sp³-hybridized carbons (Fsp3) is 0.312. The first-order valence-corrected chi connectivity index (χ1v) is 6.53. The zero-order chi connectivity index (χ0) is 13.4. The van der Waals surface area contributed by atoms with Crippen molar-refractivity contribution in [2.75, 3.05) is 7.11 Å². The van der Waals surface area contributed by atoms with Crippen LogP contribution in [-0.4, -0.2) is 19.1 Å². The summed E-state index contributed by atoms with van der Waals surface area (Å²) in [7, 11) is 1.70. The first-order valence-electron chi connectivity index (χ1n) is 6.53. The smallest absolute Gasteiger partial charge is 0.217 e. The molecule has 0 radical (unpaired) electrons. The molecule has 1 saturated carbocycles. The number of hydrogen-bond acceptors (Lipinski definition) is 2. The fourth-order valence-corrected chi connectivity index (χ4v) is 2.77. The maximum Gasteiger partial charge on any atom is 0.217 e. The van der Waals surface area contributed by atoms with Crippen molar-refractivity contribution >= 4 is 16.7 Å². The third kappa shape index (κ3) is 2.16. The highest BCUT2D eigenvalue weighted by Crippen LogP contribution is 2.47. The molecule has 19 heavy (non-hydrogen) atoms. The van der Waals surface area contributed by atoms with Crippen LogP contribution in [0.2, 0.25) is 0 Å². The summed E-state index contributed by atoms with van der Waals surface area (Å²) in [5.41, 5.74) is 1.22. The SMILES string of the molecule is COc1ccc2ccccc2c1C1CC1NC(C)=O. The Kier molecular flexibility index (Phi) is 2.90. The van der Waals surface area contributed by atoms with Crippen LogP contribution >= 0.6 is 0 Å². The van der Waals surface area contributed by atoms with E-state index in [1.807, 2.05) is 18.2 Å². The van der Waals surface area contributed by atoms with Crippen molar-refractivity contribution < 1.29 is 9.53 Å². The molecule has 0 bridgehead atoms. The van der Waals surface area contributed by atoms with Crippen molar-refractivity contribution in [3.05, 3.63) is 42.0 Å². The van der Waals surface area contributed by atoms with Crippen LogP contribution in [0.15, 0.2) is 36.4 Å². The number of methoxy groups -OCH3 is 1. The van der Waals surface area contributed by atoms with Crippen molar-refractivity contribution in [2.45, 2.75) is 25.3 Å². The lowest BCUT2D eigenvalue weighted by Gasteiger charge is -2.12. The van der Waals surface area contributed by atoms with Gasteiger partial charge in [0.1, 0.15) is 5.75 Å². The molecule has 1 N–H and O–H groups in total. The van der Waals surface area contributed by atoms with E-state index < -0.39 is 0 Å². The number of nitrogens with one attached hydrogen (secondary N) is 1. The Bertz CT molecular complexity index is 636. The van der Waals surface area contributed by atoms with Crippen LogP contribution < -0.4 is 10.1 Å². The van der Waals surface area contributed by atoms with Gasteiger partial charge in [-0.3, -0.25) is 4.79 Å². The summed E-state index contributed by atoms with van der Waals surface area (Å²) in [5, 5.41) is 5.42. The molecule has 1 aliphatic rings. The van der Waals surface area contributed by atoms with Crippen LogP contribution in [0.1, 0.15) is 24.8 Å². The molecule has 0 saturated heterocycles. The van der Waals surface area contributed by atoms with E-state index in [4.69, 9.17) is 4.74 Å². The molecule has 2 atom stereocenters. The molecular formula is C16H17NO2. The van der Waals surface area contributed by atoms with Crippen molar-refractivity contribution in [2.24, 2.45) is 0 Å². The van der Waals surface area contributed by atoms with Crippen LogP contribution in [0.25, 0.3) is 10.8 Å². The van der Waals surface area contributed by atoms with E-state index in [2.05, 4.69) is 23.5 Å². The average molecular weight is 255 g/mol. The number of ether oxygens (including phenoxy) is 1. The van der Waals surface area contributed by atoms with Crippen LogP contribution in [0.5, 0.6) is 5.75 Å². The van der Waals surface area contributed by atoms with Crippen molar-refractivity contribution in [3.63, 3.8) is 0 Å². The number of carbonyl (C=O) groups excluding carboxylic acids is 1. The predicted molar refractivity (Wildman–Crippen MR) is 75.5 cm³/mol. The Hall–Kier alpha value is -2.03. The van der Waals surface area contributed by atoms with Crippen molar-refractivity contribution in [3.8, 4) is 5.75 Å². The third-order valence-electron chi connectivity index (χ3n) is 3.70. The molecule has 0 aromatic heterocycles. The molecule has 0 spiro atoms. The zero-order valence-electron chi connectivity index (χ0n) is 11.1. The van der Waals surface area contributed by atoms with E-state index in [1.165, 1.54) is 16.3 Å². The molecule has 3 nitrogen and oxygen atoms in total. The number of rotatable bonds is 3. The normalized spacial score (nSPS) is 21.2. The number of hydrogen-bond donors (Lipinski definition) is 1. The summed E-state index contributed by atoms with van der Waals surface area (Å²) in [5.74, 6) is 1.31. The van der Waals surface area contributed by atoms with Crippen LogP contribution in [0.3, 0.4) is 0 Å². The van der Waals surface area contributed by atoms with Gasteiger partial charge in [-0.25, -0.2) is 0 Å². The summed E-state index contributed by atoms with van der Waals surface area (Å²) >= 11 is 0. The minimum absolute atomic E-state index is 0.0340. The lowest BCUT2D eigenvalue weighted by atomic mass is 9.99. The first-order chi connectivity index (χ1) is 9.20. The number of benzene rings is 2. The molecule has 2 aromatic rings. The zero-order valence-corrected chi connectivity index (χ0v) is 11.1. The highest BCUT2D eigenvalue weighted by Gasteiger charge is 2.41. The van der Waals surface area contributed by atoms with Crippen LogP contribution in [-0.2, 0) is 4.79 Å². The second-order valence-corrected chi connectivity index (χ2v) is 5.05. The number of fused-ring (bicyclic) bond motifs is 1. The molecule has 2 aromatic carbocycles. The molecule has 1 aliphatic carbocycles. The van der Waals surface area contributed by atoms with E-state index in [1.54, 1.807) is 14.0 Å². The van der Waals surface area contributed by atoms with Gasteiger partial charge in [0.15, 0.2) is 0 Å². The first kappa shape index (κ1) is 12.0. The predicted octanol–water partition coefficient (Wildman–Crippen LogP) is 2.84. The van der Waals surface area contributed by atoms with E-state index in [0.717, 1.165) is 12.2 Å². The van der Waals surface area contributed by atoms with Gasteiger partial charge < -0.3 is 10.1 Å². The maximum absolute atomic E-state index is 11.1. The topological polar surface area (TPSA) is 38.3 Å². The van der Waals surface area contributed by atoms with Crippen molar-refractivity contribution in [1.82, 2.24) is 5.32 Å². The van der Waals surface area contributed by atoms with Gasteiger partial charge in [0.05, 0.1) is 7.11 Å². The van der Waals surface area contributed by atoms with Gasteiger partial charge in [-0.05, 0) is 23.3 Å². The fourth-order valence-electron chi connectivity index (χ4n) is 2.77. The largest absolute Gasteiger partial charge is 0.496 e. The van der Waals surface area contributed by atoms with Gasteiger partial charge in [-0.15, -0.1) is 0 Å². The second kappa shape index (κ2) is 4.57. The van der Waals surface area contributed by atoms with E-state index >= 15 is 0 Å². The lowest BCUT2D eigenvalue weighted by Crippen LogP contribution is -2.23. The van der Waals surface area contributed by atoms with Gasteiger partial charge >= 0.3 is 0 Å². The van der Waals surface area contributed by atoms with Crippen molar-refractivity contribution in [1.29, 1.82) is 0 Å². The monoisotopic (exact) mass is 255 g/mol. The summed E-state index contributed by atoms with van der Waals surface area (Å²) < 4.78 is 5.50. The van der Waals surface area contributed by atoms with Gasteiger partial charge in [0.25, 0.3) is 0 Å². The van der Waals surface area contributed by atoms with E-state index in [-0.39, 0.29) is 11.9 Å². The highest BCUT2D eigenvalue weighted by molar-refractivity contribution is 5.89. The maximum atomic E-state index is 11.1. The van der Waals surface area contributed by atoms with Crippen LogP contribution in [0.4, 0.5) is 0 Å². The molecule has 0 aliphatic heterocycles. The van der Waals surface area contributed by atoms with Crippen LogP contribution in [0, 0.1) is 0 Å². The molecular weight excluding hydrogens is 238 g/mol. The molecule has 3 heteroatoms. The third-order valence-corrected chi connectivity index (χ3v) is 3.70. The standard InChI is InChI=1S/C16H17NO2/c1-10(18)17-14-9-13(14)16-12-6-4-3-5-11(12)7-8-15(16)19-2/h3-8,13-14H,9H2,1-2H3,(H,17,18). The Balaban J connectivity index is 2.04. The lowest BCUT2D eigenvalue weighted by molar-refractivity contribution is -0.119. The summed E-state index contributed by atoms with van der Waals surface area (Å²) in [6, 6.07) is 12.6. The molecule has 98 valence electrons. The summed E-state index contributed by atoms with van der Waals surface area (Å²) in [4.78, 5) is 11.1. The van der Waals surface area contributed by atoms with E-state index in [9.17, 15) is 4.79 Å². The highest BCUT2D eigenvalue weighted by atomic mass is 16.5. The number of amides is 1. The molecule has 1 fully saturated rings. The Morgan fingerprint density at radius 1 is 1.26 bits per heavy atom. The van der Waals surface area contributed by atoms with Gasteiger partial charge in [0, 0.05) is 24.4 Å². The van der Waals surface area contributed by atoms with E-state index in [0.29, 0.717) is 5.92 Å². The molecule has 2 unspecified atom stereocenters. The van der Waals surface area contributed by atoms with Gasteiger partial charge in [-0.1, -0.05) is 30.3 Å². The molecule has 0 heterocycles. The summed E-state index contributed by atoms with van der Waals surface area (Å²) in [6.45, 7) is 1.57. The average Bonchev–Trinajstić information content (AvgIpc) is 3.15. The quantitative estimate of drug-likeness (QED) is 0.915. The second-order valence-electron chi connectivity index (χ2n) is 5.05. The Labute approximate surface area is 112 Å². The molecule has 3 rings (SSSR count). The van der Waals surface area contributed by atoms with Gasteiger partial charge in [0.2, 0.25) is 5.91 Å². The Morgan fingerprint density at radius 3 is 2.79 bits per heavy atom. The minimum atomic E-state index is 0.0340. The van der Waals surface area contributed by atoms with Gasteiger partial charge in [-0.2, -0.15) is 0 Å². The minimum Gasteiger partial charge on any atom is -0.496 e. The summed E-state index contributed by atoms with van der Waals surface area (Å²) in [6.07, 6.45) is 0.990. The number of carbonyl (C=O) groups is 1. The Morgan fingerprint density at radius 2 is 2.05 bits per heavy atom. The molecule has 1 amide bonds.